The number of benzene rings is 1. The average molecular weight is 220 g/mol. The van der Waals surface area contributed by atoms with Crippen molar-refractivity contribution in [1.29, 1.82) is 0 Å². The van der Waals surface area contributed by atoms with Crippen molar-refractivity contribution in [2.45, 2.75) is 19.8 Å². The fraction of sp³-hybridized carbons (Fsp3) is 0.250. The molecule has 0 radical (unpaired) electrons. The van der Waals surface area contributed by atoms with Crippen LogP contribution >= 0.6 is 0 Å². The molecule has 2 N–H and O–H groups in total. The molecule has 0 unspecified atom stereocenters. The van der Waals surface area contributed by atoms with Crippen LogP contribution < -0.4 is 5.43 Å². The van der Waals surface area contributed by atoms with E-state index in [0.717, 1.165) is 6.07 Å². The summed E-state index contributed by atoms with van der Waals surface area (Å²) in [4.78, 5) is 12.0. The van der Waals surface area contributed by atoms with Gasteiger partial charge < -0.3 is 14.6 Å². The molecule has 0 saturated heterocycles. The first-order valence-corrected chi connectivity index (χ1v) is 4.98. The fourth-order valence-electron chi connectivity index (χ4n) is 1.62. The Morgan fingerprint density at radius 2 is 1.94 bits per heavy atom. The van der Waals surface area contributed by atoms with E-state index in [1.807, 2.05) is 13.8 Å². The molecule has 0 bridgehead atoms. The largest absolute Gasteiger partial charge is 0.508 e. The number of phenolic OH excluding ortho intramolecular Hbond substituents is 2. The van der Waals surface area contributed by atoms with E-state index in [1.165, 1.54) is 12.3 Å². The molecule has 0 amide bonds. The third-order valence-electron chi connectivity index (χ3n) is 2.49. The molecule has 0 fully saturated rings. The fourth-order valence-corrected chi connectivity index (χ4v) is 1.62. The summed E-state index contributed by atoms with van der Waals surface area (Å²) in [6, 6.07) is 2.44. The molecule has 4 nitrogen and oxygen atoms in total. The molecule has 1 heterocycles. The summed E-state index contributed by atoms with van der Waals surface area (Å²) < 4.78 is 5.21. The second-order valence-corrected chi connectivity index (χ2v) is 4.02. The van der Waals surface area contributed by atoms with E-state index in [1.54, 1.807) is 0 Å². The Hall–Kier alpha value is -1.97. The highest BCUT2D eigenvalue weighted by atomic mass is 16.3. The standard InChI is InChI=1S/C12H12O4/c1-6(2)9-5-16-12-8(11(9)15)3-7(13)4-10(12)14/h3-6,13-14H,1-2H3. The van der Waals surface area contributed by atoms with Crippen molar-refractivity contribution in [2.24, 2.45) is 0 Å². The molecule has 4 heteroatoms. The zero-order valence-corrected chi connectivity index (χ0v) is 9.02. The summed E-state index contributed by atoms with van der Waals surface area (Å²) in [5, 5.41) is 19.0. The molecule has 84 valence electrons. The van der Waals surface area contributed by atoms with Gasteiger partial charge in [-0.05, 0) is 12.0 Å². The van der Waals surface area contributed by atoms with Crippen LogP contribution in [0.3, 0.4) is 0 Å². The smallest absolute Gasteiger partial charge is 0.196 e. The van der Waals surface area contributed by atoms with Crippen LogP contribution in [0.1, 0.15) is 25.3 Å². The third-order valence-corrected chi connectivity index (χ3v) is 2.49. The summed E-state index contributed by atoms with van der Waals surface area (Å²) in [6.45, 7) is 3.75. The number of rotatable bonds is 1. The normalized spacial score (nSPS) is 11.2. The Kier molecular flexibility index (Phi) is 2.34. The number of fused-ring (bicyclic) bond motifs is 1. The highest BCUT2D eigenvalue weighted by molar-refractivity contribution is 5.84. The Labute approximate surface area is 91.8 Å². The van der Waals surface area contributed by atoms with Crippen LogP contribution in [0.5, 0.6) is 11.5 Å². The first-order valence-electron chi connectivity index (χ1n) is 4.98. The minimum Gasteiger partial charge on any atom is -0.508 e. The molecule has 2 aromatic rings. The van der Waals surface area contributed by atoms with Gasteiger partial charge in [-0.1, -0.05) is 13.8 Å². The van der Waals surface area contributed by atoms with E-state index in [-0.39, 0.29) is 33.8 Å². The van der Waals surface area contributed by atoms with Gasteiger partial charge >= 0.3 is 0 Å². The minimum atomic E-state index is -0.234. The van der Waals surface area contributed by atoms with Crippen LogP contribution in [-0.4, -0.2) is 10.2 Å². The summed E-state index contributed by atoms with van der Waals surface area (Å²) in [7, 11) is 0. The molecular formula is C12H12O4. The minimum absolute atomic E-state index is 0.0325. The molecule has 1 aromatic heterocycles. The topological polar surface area (TPSA) is 70.7 Å². The van der Waals surface area contributed by atoms with E-state index < -0.39 is 0 Å². The van der Waals surface area contributed by atoms with E-state index in [4.69, 9.17) is 4.42 Å². The molecular weight excluding hydrogens is 208 g/mol. The van der Waals surface area contributed by atoms with E-state index >= 15 is 0 Å². The van der Waals surface area contributed by atoms with Crippen LogP contribution in [0.2, 0.25) is 0 Å². The van der Waals surface area contributed by atoms with Crippen molar-refractivity contribution < 1.29 is 14.6 Å². The first-order chi connectivity index (χ1) is 7.50. The predicted octanol–water partition coefficient (Wildman–Crippen LogP) is 2.33. The van der Waals surface area contributed by atoms with E-state index in [0.29, 0.717) is 5.56 Å². The van der Waals surface area contributed by atoms with Gasteiger partial charge in [-0.3, -0.25) is 4.79 Å². The zero-order chi connectivity index (χ0) is 11.9. The quantitative estimate of drug-likeness (QED) is 0.773. The number of phenols is 2. The second-order valence-electron chi connectivity index (χ2n) is 4.02. The van der Waals surface area contributed by atoms with Gasteiger partial charge in [-0.15, -0.1) is 0 Å². The summed E-state index contributed by atoms with van der Waals surface area (Å²) >= 11 is 0. The van der Waals surface area contributed by atoms with Crippen molar-refractivity contribution in [2.75, 3.05) is 0 Å². The van der Waals surface area contributed by atoms with Crippen molar-refractivity contribution in [3.8, 4) is 11.5 Å². The lowest BCUT2D eigenvalue weighted by Gasteiger charge is -2.06. The molecule has 0 spiro atoms. The van der Waals surface area contributed by atoms with Gasteiger partial charge in [0.2, 0.25) is 0 Å². The van der Waals surface area contributed by atoms with Crippen molar-refractivity contribution >= 4 is 11.0 Å². The zero-order valence-electron chi connectivity index (χ0n) is 9.02. The lowest BCUT2D eigenvalue weighted by molar-refractivity contribution is 0.443. The molecule has 0 aliphatic rings. The molecule has 0 aliphatic heterocycles. The second kappa shape index (κ2) is 3.56. The maximum Gasteiger partial charge on any atom is 0.196 e. The first kappa shape index (κ1) is 10.5. The van der Waals surface area contributed by atoms with Gasteiger partial charge in [0.1, 0.15) is 5.75 Å². The summed E-state index contributed by atoms with van der Waals surface area (Å²) in [6.07, 6.45) is 1.35. The molecule has 0 atom stereocenters. The van der Waals surface area contributed by atoms with Crippen LogP contribution in [-0.2, 0) is 0 Å². The average Bonchev–Trinajstić information content (AvgIpc) is 2.19. The Morgan fingerprint density at radius 1 is 1.25 bits per heavy atom. The maximum atomic E-state index is 12.0. The summed E-state index contributed by atoms with van der Waals surface area (Å²) in [5.41, 5.74) is 0.409. The van der Waals surface area contributed by atoms with Crippen LogP contribution in [0, 0.1) is 0 Å². The molecule has 1 aromatic carbocycles. The number of hydrogen-bond acceptors (Lipinski definition) is 4. The third kappa shape index (κ3) is 1.52. The number of hydrogen-bond donors (Lipinski definition) is 2. The Balaban J connectivity index is 2.89. The van der Waals surface area contributed by atoms with Gasteiger partial charge in [-0.2, -0.15) is 0 Å². The van der Waals surface area contributed by atoms with E-state index in [2.05, 4.69) is 0 Å². The molecule has 2 rings (SSSR count). The lowest BCUT2D eigenvalue weighted by atomic mass is 10.0. The van der Waals surface area contributed by atoms with Crippen molar-refractivity contribution in [1.82, 2.24) is 0 Å². The van der Waals surface area contributed by atoms with Gasteiger partial charge in [0.25, 0.3) is 0 Å². The van der Waals surface area contributed by atoms with Gasteiger partial charge in [-0.25, -0.2) is 0 Å². The SMILES string of the molecule is CC(C)c1coc2c(O)cc(O)cc2c1=O. The van der Waals surface area contributed by atoms with Crippen LogP contribution in [0.25, 0.3) is 11.0 Å². The lowest BCUT2D eigenvalue weighted by Crippen LogP contribution is -2.09. The monoisotopic (exact) mass is 220 g/mol. The van der Waals surface area contributed by atoms with Crippen molar-refractivity contribution in [3.05, 3.63) is 34.2 Å². The van der Waals surface area contributed by atoms with Gasteiger partial charge in [0.15, 0.2) is 16.8 Å². The predicted molar refractivity (Wildman–Crippen MR) is 59.9 cm³/mol. The number of aromatic hydroxyl groups is 2. The Bertz CT molecular complexity index is 596. The highest BCUT2D eigenvalue weighted by Crippen LogP contribution is 2.28. The van der Waals surface area contributed by atoms with Crippen LogP contribution in [0.15, 0.2) is 27.6 Å². The molecule has 16 heavy (non-hydrogen) atoms. The van der Waals surface area contributed by atoms with Gasteiger partial charge in [0, 0.05) is 11.6 Å². The Morgan fingerprint density at radius 3 is 2.56 bits per heavy atom. The van der Waals surface area contributed by atoms with E-state index in [9.17, 15) is 15.0 Å². The van der Waals surface area contributed by atoms with Gasteiger partial charge in [0.05, 0.1) is 11.6 Å². The molecule has 0 aliphatic carbocycles. The van der Waals surface area contributed by atoms with Crippen LogP contribution in [0.4, 0.5) is 0 Å². The maximum absolute atomic E-state index is 12.0. The molecule has 0 saturated carbocycles. The summed E-state index contributed by atoms with van der Waals surface area (Å²) in [5.74, 6) is -0.356. The highest BCUT2D eigenvalue weighted by Gasteiger charge is 2.13. The van der Waals surface area contributed by atoms with Crippen molar-refractivity contribution in [3.63, 3.8) is 0 Å².